The molecule has 3 N–H and O–H groups in total. The Kier molecular flexibility index (Phi) is 6.06. The van der Waals surface area contributed by atoms with Gasteiger partial charge in [-0.25, -0.2) is 0 Å². The zero-order valence-electron chi connectivity index (χ0n) is 16.2. The lowest BCUT2D eigenvalue weighted by Crippen LogP contribution is -2.33. The molecule has 1 aliphatic carbocycles. The summed E-state index contributed by atoms with van der Waals surface area (Å²) in [6, 6.07) is 6.83. The third-order valence-electron chi connectivity index (χ3n) is 5.29. The van der Waals surface area contributed by atoms with Crippen LogP contribution in [-0.2, 0) is 0 Å². The quantitative estimate of drug-likeness (QED) is 0.592. The fraction of sp³-hybridized carbons (Fsp3) is 0.381. The molecule has 0 aliphatic heterocycles. The van der Waals surface area contributed by atoms with Crippen molar-refractivity contribution in [1.82, 2.24) is 20.6 Å². The van der Waals surface area contributed by atoms with E-state index in [2.05, 4.69) is 51.3 Å². The standard InChI is InChI=1S/C21H28N6/c1-4-9-18(21-23-25-26-24-21)17(5-2)15-12-13-20(19(22)14-15)27(3)16-10-7-6-8-11-16/h4-5,9,12-14,16H,1,6-8,10-11,22H2,2-3H3,(H,23,24,25,26)/b17-5-,18-9+. The van der Waals surface area contributed by atoms with Gasteiger partial charge in [-0.2, -0.15) is 5.21 Å². The molecule has 0 saturated heterocycles. The highest BCUT2D eigenvalue weighted by molar-refractivity contribution is 6.04. The zero-order chi connectivity index (χ0) is 19.2. The van der Waals surface area contributed by atoms with Crippen LogP contribution in [0, 0.1) is 0 Å². The first-order chi connectivity index (χ1) is 13.2. The number of nitrogens with two attached hydrogens (primary N) is 1. The van der Waals surface area contributed by atoms with Gasteiger partial charge in [0.2, 0.25) is 5.82 Å². The molecule has 0 unspecified atom stereocenters. The maximum absolute atomic E-state index is 6.46. The molecule has 6 heteroatoms. The summed E-state index contributed by atoms with van der Waals surface area (Å²) in [5.41, 5.74) is 11.2. The summed E-state index contributed by atoms with van der Waals surface area (Å²) in [6.45, 7) is 5.80. The molecule has 1 fully saturated rings. The number of tetrazole rings is 1. The summed E-state index contributed by atoms with van der Waals surface area (Å²) < 4.78 is 0. The Bertz CT molecular complexity index is 828. The molecule has 0 radical (unpaired) electrons. The first-order valence-corrected chi connectivity index (χ1v) is 9.51. The monoisotopic (exact) mass is 364 g/mol. The number of hydrogen-bond acceptors (Lipinski definition) is 5. The Labute approximate surface area is 160 Å². The van der Waals surface area contributed by atoms with E-state index in [1.165, 1.54) is 32.1 Å². The number of nitrogen functional groups attached to an aromatic ring is 1. The fourth-order valence-corrected chi connectivity index (χ4v) is 3.86. The van der Waals surface area contributed by atoms with Crippen LogP contribution in [0.25, 0.3) is 11.1 Å². The highest BCUT2D eigenvalue weighted by Crippen LogP contribution is 2.35. The molecule has 142 valence electrons. The Balaban J connectivity index is 1.91. The minimum Gasteiger partial charge on any atom is -0.397 e. The van der Waals surface area contributed by atoms with E-state index in [-0.39, 0.29) is 0 Å². The van der Waals surface area contributed by atoms with E-state index >= 15 is 0 Å². The van der Waals surface area contributed by atoms with E-state index in [9.17, 15) is 0 Å². The molecular weight excluding hydrogens is 336 g/mol. The van der Waals surface area contributed by atoms with Gasteiger partial charge in [0.15, 0.2) is 0 Å². The highest BCUT2D eigenvalue weighted by atomic mass is 15.5. The topological polar surface area (TPSA) is 83.7 Å². The summed E-state index contributed by atoms with van der Waals surface area (Å²) in [7, 11) is 2.15. The number of aromatic nitrogens is 4. The van der Waals surface area contributed by atoms with E-state index in [0.29, 0.717) is 11.9 Å². The van der Waals surface area contributed by atoms with Crippen LogP contribution < -0.4 is 10.6 Å². The van der Waals surface area contributed by atoms with Crippen LogP contribution in [0.2, 0.25) is 0 Å². The maximum Gasteiger partial charge on any atom is 0.205 e. The molecule has 3 rings (SSSR count). The number of benzene rings is 1. The molecule has 1 aromatic heterocycles. The summed E-state index contributed by atoms with van der Waals surface area (Å²) in [5, 5.41) is 14.4. The summed E-state index contributed by atoms with van der Waals surface area (Å²) in [6.07, 6.45) is 12.1. The molecule has 1 aromatic carbocycles. The van der Waals surface area contributed by atoms with Gasteiger partial charge in [0.1, 0.15) is 0 Å². The molecular formula is C21H28N6. The predicted octanol–water partition coefficient (Wildman–Crippen LogP) is 4.22. The largest absolute Gasteiger partial charge is 0.397 e. The van der Waals surface area contributed by atoms with Gasteiger partial charge in [-0.3, -0.25) is 0 Å². The summed E-state index contributed by atoms with van der Waals surface area (Å²) >= 11 is 0. The number of allylic oxidation sites excluding steroid dienone is 5. The second-order valence-electron chi connectivity index (χ2n) is 6.93. The minimum atomic E-state index is 0.532. The van der Waals surface area contributed by atoms with Gasteiger partial charge in [0.05, 0.1) is 11.4 Å². The van der Waals surface area contributed by atoms with Crippen molar-refractivity contribution in [3.63, 3.8) is 0 Å². The van der Waals surface area contributed by atoms with E-state index < -0.39 is 0 Å². The molecule has 27 heavy (non-hydrogen) atoms. The number of anilines is 2. The van der Waals surface area contributed by atoms with Crippen molar-refractivity contribution >= 4 is 22.5 Å². The van der Waals surface area contributed by atoms with Crippen molar-refractivity contribution in [3.05, 3.63) is 54.4 Å². The summed E-state index contributed by atoms with van der Waals surface area (Å²) in [5.74, 6) is 0.532. The first kappa shape index (κ1) is 18.9. The molecule has 2 aromatic rings. The van der Waals surface area contributed by atoms with Gasteiger partial charge in [-0.15, -0.1) is 10.2 Å². The molecule has 0 bridgehead atoms. The Hall–Kier alpha value is -2.89. The number of nitrogens with one attached hydrogen (secondary N) is 1. The molecule has 0 atom stereocenters. The first-order valence-electron chi connectivity index (χ1n) is 9.51. The van der Waals surface area contributed by atoms with Crippen LogP contribution in [-0.4, -0.2) is 33.7 Å². The maximum atomic E-state index is 6.46. The molecule has 1 aliphatic rings. The predicted molar refractivity (Wildman–Crippen MR) is 112 cm³/mol. The fourth-order valence-electron chi connectivity index (χ4n) is 3.86. The Morgan fingerprint density at radius 2 is 2.04 bits per heavy atom. The van der Waals surface area contributed by atoms with Crippen molar-refractivity contribution in [2.24, 2.45) is 0 Å². The molecule has 0 spiro atoms. The smallest absolute Gasteiger partial charge is 0.205 e. The number of hydrogen-bond donors (Lipinski definition) is 2. The van der Waals surface area contributed by atoms with Crippen LogP contribution in [0.1, 0.15) is 50.4 Å². The van der Waals surface area contributed by atoms with Gasteiger partial charge < -0.3 is 10.6 Å². The Morgan fingerprint density at radius 3 is 2.63 bits per heavy atom. The van der Waals surface area contributed by atoms with Crippen LogP contribution in [0.4, 0.5) is 11.4 Å². The highest BCUT2D eigenvalue weighted by Gasteiger charge is 2.21. The lowest BCUT2D eigenvalue weighted by atomic mass is 9.93. The van der Waals surface area contributed by atoms with Crippen LogP contribution in [0.15, 0.2) is 43.0 Å². The van der Waals surface area contributed by atoms with Gasteiger partial charge in [-0.1, -0.05) is 50.1 Å². The van der Waals surface area contributed by atoms with E-state index in [1.807, 2.05) is 25.1 Å². The number of nitrogens with zero attached hydrogens (tertiary/aromatic N) is 4. The van der Waals surface area contributed by atoms with Crippen molar-refractivity contribution in [3.8, 4) is 0 Å². The van der Waals surface area contributed by atoms with Crippen molar-refractivity contribution in [2.75, 3.05) is 17.7 Å². The second kappa shape index (κ2) is 8.66. The lowest BCUT2D eigenvalue weighted by molar-refractivity contribution is 0.428. The molecule has 6 nitrogen and oxygen atoms in total. The second-order valence-corrected chi connectivity index (χ2v) is 6.93. The average molecular weight is 364 g/mol. The van der Waals surface area contributed by atoms with Gasteiger partial charge in [-0.05, 0) is 48.2 Å². The molecule has 1 heterocycles. The van der Waals surface area contributed by atoms with Crippen LogP contribution >= 0.6 is 0 Å². The van der Waals surface area contributed by atoms with Crippen molar-refractivity contribution < 1.29 is 0 Å². The Morgan fingerprint density at radius 1 is 1.26 bits per heavy atom. The number of aromatic amines is 1. The number of rotatable bonds is 6. The average Bonchev–Trinajstić information content (AvgIpc) is 3.23. The third-order valence-corrected chi connectivity index (χ3v) is 5.29. The van der Waals surface area contributed by atoms with Crippen LogP contribution in [0.5, 0.6) is 0 Å². The van der Waals surface area contributed by atoms with Crippen molar-refractivity contribution in [2.45, 2.75) is 45.1 Å². The lowest BCUT2D eigenvalue weighted by Gasteiger charge is -2.33. The normalized spacial score (nSPS) is 16.4. The van der Waals surface area contributed by atoms with Crippen LogP contribution in [0.3, 0.4) is 0 Å². The van der Waals surface area contributed by atoms with E-state index in [4.69, 9.17) is 5.73 Å². The third kappa shape index (κ3) is 4.10. The van der Waals surface area contributed by atoms with Crippen molar-refractivity contribution in [1.29, 1.82) is 0 Å². The zero-order valence-corrected chi connectivity index (χ0v) is 16.2. The minimum absolute atomic E-state index is 0.532. The van der Waals surface area contributed by atoms with E-state index in [1.54, 1.807) is 6.08 Å². The van der Waals surface area contributed by atoms with Gasteiger partial charge in [0, 0.05) is 18.7 Å². The van der Waals surface area contributed by atoms with Gasteiger partial charge >= 0.3 is 0 Å². The molecule has 0 amide bonds. The summed E-state index contributed by atoms with van der Waals surface area (Å²) in [4.78, 5) is 2.34. The van der Waals surface area contributed by atoms with Gasteiger partial charge in [0.25, 0.3) is 0 Å². The number of H-pyrrole nitrogens is 1. The SMILES string of the molecule is C=C/C=C(\C(=C/C)c1ccc(N(C)C2CCCCC2)c(N)c1)c1nn[nH]n1. The molecule has 1 saturated carbocycles. The van der Waals surface area contributed by atoms with E-state index in [0.717, 1.165) is 28.1 Å².